The van der Waals surface area contributed by atoms with Gasteiger partial charge in [-0.1, -0.05) is 30.3 Å². The van der Waals surface area contributed by atoms with Gasteiger partial charge in [0.2, 0.25) is 0 Å². The lowest BCUT2D eigenvalue weighted by molar-refractivity contribution is -0.152. The summed E-state index contributed by atoms with van der Waals surface area (Å²) in [5, 5.41) is 30.5. The van der Waals surface area contributed by atoms with E-state index in [0.29, 0.717) is 25.7 Å². The highest BCUT2D eigenvalue weighted by molar-refractivity contribution is 5.86. The van der Waals surface area contributed by atoms with Gasteiger partial charge in [-0.3, -0.25) is 19.2 Å². The third kappa shape index (κ3) is 7.34. The lowest BCUT2D eigenvalue weighted by Gasteiger charge is -2.32. The van der Waals surface area contributed by atoms with E-state index in [9.17, 15) is 29.4 Å². The highest BCUT2D eigenvalue weighted by Gasteiger charge is 2.41. The highest BCUT2D eigenvalue weighted by atomic mass is 16.5. The molecule has 0 spiro atoms. The van der Waals surface area contributed by atoms with Gasteiger partial charge in [-0.15, -0.1) is 0 Å². The quantitative estimate of drug-likeness (QED) is 0.314. The fourth-order valence-electron chi connectivity index (χ4n) is 3.71. The van der Waals surface area contributed by atoms with Crippen LogP contribution in [0.15, 0.2) is 30.3 Å². The van der Waals surface area contributed by atoms with Gasteiger partial charge in [0.15, 0.2) is 0 Å². The molecule has 2 atom stereocenters. The van der Waals surface area contributed by atoms with E-state index in [-0.39, 0.29) is 24.5 Å². The van der Waals surface area contributed by atoms with Crippen molar-refractivity contribution in [2.24, 2.45) is 11.7 Å². The Kier molecular flexibility index (Phi) is 8.52. The van der Waals surface area contributed by atoms with Crippen LogP contribution in [0.5, 0.6) is 0 Å². The maximum atomic E-state index is 12.3. The summed E-state index contributed by atoms with van der Waals surface area (Å²) < 4.78 is 5.36. The molecule has 0 amide bonds. The molecular weight excluding hydrogens is 408 g/mol. The van der Waals surface area contributed by atoms with Crippen LogP contribution in [0, 0.1) is 5.92 Å². The van der Waals surface area contributed by atoms with Crippen LogP contribution in [-0.4, -0.2) is 56.8 Å². The first kappa shape index (κ1) is 24.3. The highest BCUT2D eigenvalue weighted by Crippen LogP contribution is 2.27. The van der Waals surface area contributed by atoms with Crippen molar-refractivity contribution in [1.82, 2.24) is 5.32 Å². The van der Waals surface area contributed by atoms with Gasteiger partial charge in [0.25, 0.3) is 0 Å². The molecule has 1 fully saturated rings. The summed E-state index contributed by atoms with van der Waals surface area (Å²) >= 11 is 0. The van der Waals surface area contributed by atoms with E-state index >= 15 is 0 Å². The van der Waals surface area contributed by atoms with E-state index in [4.69, 9.17) is 15.6 Å². The monoisotopic (exact) mass is 436 g/mol. The number of aliphatic carboxylic acids is 3. The Morgan fingerprint density at radius 2 is 1.68 bits per heavy atom. The number of carboxylic acid groups (broad SMARTS) is 3. The summed E-state index contributed by atoms with van der Waals surface area (Å²) in [6, 6.07) is 7.72. The summed E-state index contributed by atoms with van der Waals surface area (Å²) in [4.78, 5) is 46.3. The van der Waals surface area contributed by atoms with Crippen LogP contribution in [0.1, 0.15) is 44.1 Å². The maximum absolute atomic E-state index is 12.3. The molecular formula is C21H28N2O8. The maximum Gasteiger partial charge on any atom is 0.324 e. The number of benzene rings is 1. The molecule has 0 heterocycles. The molecule has 0 bridgehead atoms. The van der Waals surface area contributed by atoms with Gasteiger partial charge < -0.3 is 31.1 Å². The SMILES string of the molecule is NC(CC(=O)O)(CC(NC1CCC(C(=O)OCc2ccccc2)CC1)C(=O)O)C(=O)O. The van der Waals surface area contributed by atoms with E-state index in [1.807, 2.05) is 30.3 Å². The number of carbonyl (C=O) groups is 4. The zero-order chi connectivity index (χ0) is 23.0. The predicted molar refractivity (Wildman–Crippen MR) is 108 cm³/mol. The van der Waals surface area contributed by atoms with E-state index in [1.165, 1.54) is 0 Å². The normalized spacial score (nSPS) is 21.5. The number of esters is 1. The largest absolute Gasteiger partial charge is 0.481 e. The number of hydrogen-bond donors (Lipinski definition) is 5. The van der Waals surface area contributed by atoms with Crippen LogP contribution in [-0.2, 0) is 30.5 Å². The van der Waals surface area contributed by atoms with Crippen molar-refractivity contribution in [2.75, 3.05) is 0 Å². The number of ether oxygens (including phenoxy) is 1. The smallest absolute Gasteiger partial charge is 0.324 e. The average molecular weight is 436 g/mol. The topological polar surface area (TPSA) is 176 Å². The molecule has 0 saturated heterocycles. The molecule has 2 rings (SSSR count). The van der Waals surface area contributed by atoms with Gasteiger partial charge in [0, 0.05) is 12.5 Å². The molecule has 1 aliphatic carbocycles. The Bertz CT molecular complexity index is 792. The van der Waals surface area contributed by atoms with Gasteiger partial charge >= 0.3 is 23.9 Å². The van der Waals surface area contributed by atoms with Gasteiger partial charge in [-0.2, -0.15) is 0 Å². The minimum Gasteiger partial charge on any atom is -0.481 e. The summed E-state index contributed by atoms with van der Waals surface area (Å²) in [5.41, 5.74) is 4.37. The molecule has 1 aromatic rings. The van der Waals surface area contributed by atoms with Crippen molar-refractivity contribution >= 4 is 23.9 Å². The summed E-state index contributed by atoms with van der Waals surface area (Å²) in [7, 11) is 0. The van der Waals surface area contributed by atoms with Crippen molar-refractivity contribution in [2.45, 2.75) is 62.8 Å². The molecule has 2 unspecified atom stereocenters. The number of rotatable bonds is 11. The fraction of sp³-hybridized carbons (Fsp3) is 0.524. The van der Waals surface area contributed by atoms with Crippen LogP contribution in [0.25, 0.3) is 0 Å². The van der Waals surface area contributed by atoms with Gasteiger partial charge in [0.1, 0.15) is 18.2 Å². The number of hydrogen-bond acceptors (Lipinski definition) is 7. The summed E-state index contributed by atoms with van der Waals surface area (Å²) in [6.45, 7) is 0.191. The second kappa shape index (κ2) is 10.9. The Morgan fingerprint density at radius 1 is 1.06 bits per heavy atom. The Balaban J connectivity index is 1.87. The molecule has 1 saturated carbocycles. The Labute approximate surface area is 179 Å². The Hall–Kier alpha value is -2.98. The van der Waals surface area contributed by atoms with Crippen LogP contribution < -0.4 is 11.1 Å². The molecule has 1 aromatic carbocycles. The van der Waals surface area contributed by atoms with Crippen molar-refractivity contribution in [3.8, 4) is 0 Å². The van der Waals surface area contributed by atoms with Gasteiger partial charge in [0.05, 0.1) is 12.3 Å². The summed E-state index contributed by atoms with van der Waals surface area (Å²) in [6.07, 6.45) is 0.520. The van der Waals surface area contributed by atoms with Crippen LogP contribution in [0.2, 0.25) is 0 Å². The fourth-order valence-corrected chi connectivity index (χ4v) is 3.71. The van der Waals surface area contributed by atoms with E-state index < -0.39 is 42.3 Å². The molecule has 170 valence electrons. The zero-order valence-electron chi connectivity index (χ0n) is 17.0. The molecule has 10 nitrogen and oxygen atoms in total. The second-order valence-corrected chi connectivity index (χ2v) is 7.94. The van der Waals surface area contributed by atoms with Crippen molar-refractivity contribution in [3.05, 3.63) is 35.9 Å². The summed E-state index contributed by atoms with van der Waals surface area (Å²) in [5.74, 6) is -4.91. The number of carbonyl (C=O) groups excluding carboxylic acids is 1. The molecule has 6 N–H and O–H groups in total. The second-order valence-electron chi connectivity index (χ2n) is 7.94. The Morgan fingerprint density at radius 3 is 2.19 bits per heavy atom. The third-order valence-corrected chi connectivity index (χ3v) is 5.48. The van der Waals surface area contributed by atoms with Gasteiger partial charge in [-0.25, -0.2) is 0 Å². The van der Waals surface area contributed by atoms with E-state index in [1.54, 1.807) is 0 Å². The molecule has 0 aromatic heterocycles. The van der Waals surface area contributed by atoms with E-state index in [2.05, 4.69) is 5.32 Å². The lowest BCUT2D eigenvalue weighted by atomic mass is 9.84. The van der Waals surface area contributed by atoms with Crippen molar-refractivity contribution in [1.29, 1.82) is 0 Å². The van der Waals surface area contributed by atoms with Crippen molar-refractivity contribution < 1.29 is 39.2 Å². The zero-order valence-corrected chi connectivity index (χ0v) is 17.0. The number of carboxylic acids is 3. The lowest BCUT2D eigenvalue weighted by Crippen LogP contribution is -2.57. The molecule has 0 aliphatic heterocycles. The minimum atomic E-state index is -2.21. The molecule has 10 heteroatoms. The van der Waals surface area contributed by atoms with Crippen LogP contribution in [0.4, 0.5) is 0 Å². The first-order chi connectivity index (χ1) is 14.6. The standard InChI is InChI=1S/C21H28N2O8/c22-21(20(29)30,11-17(24)25)10-16(18(26)27)23-15-8-6-14(7-9-15)19(28)31-12-13-4-2-1-3-5-13/h1-5,14-16,23H,6-12,22H2,(H,24,25)(H,26,27)(H,29,30). The third-order valence-electron chi connectivity index (χ3n) is 5.48. The average Bonchev–Trinajstić information content (AvgIpc) is 2.72. The minimum absolute atomic E-state index is 0.191. The van der Waals surface area contributed by atoms with E-state index in [0.717, 1.165) is 5.56 Å². The molecule has 31 heavy (non-hydrogen) atoms. The number of nitrogens with one attached hydrogen (secondary N) is 1. The molecule has 0 radical (unpaired) electrons. The van der Waals surface area contributed by atoms with Gasteiger partial charge in [-0.05, 0) is 31.2 Å². The first-order valence-electron chi connectivity index (χ1n) is 10.0. The van der Waals surface area contributed by atoms with Crippen molar-refractivity contribution in [3.63, 3.8) is 0 Å². The van der Waals surface area contributed by atoms with Crippen LogP contribution in [0.3, 0.4) is 0 Å². The molecule has 1 aliphatic rings. The first-order valence-corrected chi connectivity index (χ1v) is 10.0. The predicted octanol–water partition coefficient (Wildman–Crippen LogP) is 0.978. The van der Waals surface area contributed by atoms with Crippen LogP contribution >= 0.6 is 0 Å². The number of nitrogens with two attached hydrogens (primary N) is 1.